The molecular formula is C22H25N5O2S. The molecule has 0 unspecified atom stereocenters. The maximum absolute atomic E-state index is 12.7. The topological polar surface area (TPSA) is 73.1 Å². The van der Waals surface area contributed by atoms with Crippen LogP contribution in [0.2, 0.25) is 0 Å². The fourth-order valence-corrected chi connectivity index (χ4v) is 4.41. The van der Waals surface area contributed by atoms with E-state index in [1.165, 1.54) is 11.8 Å². The number of carbonyl (C=O) groups excluding carboxylic acids is 1. The van der Waals surface area contributed by atoms with Crippen molar-refractivity contribution < 1.29 is 9.53 Å². The molecule has 0 radical (unpaired) electrons. The summed E-state index contributed by atoms with van der Waals surface area (Å²) in [6.45, 7) is 3.91. The van der Waals surface area contributed by atoms with Gasteiger partial charge in [0, 0.05) is 31.0 Å². The van der Waals surface area contributed by atoms with Crippen molar-refractivity contribution in [2.75, 3.05) is 26.0 Å². The van der Waals surface area contributed by atoms with Crippen molar-refractivity contribution in [1.82, 2.24) is 24.6 Å². The molecule has 3 heterocycles. The summed E-state index contributed by atoms with van der Waals surface area (Å²) in [5.41, 5.74) is 1.73. The SMILES string of the molecule is COc1ccccc1-n1c(SCC(=O)N2CCC(C)CC2)nnc1-c1ccncc1. The molecule has 1 aliphatic rings. The third-order valence-corrected chi connectivity index (χ3v) is 6.27. The van der Waals surface area contributed by atoms with E-state index in [1.807, 2.05) is 45.9 Å². The Morgan fingerprint density at radius 3 is 2.60 bits per heavy atom. The predicted octanol–water partition coefficient (Wildman–Crippen LogP) is 3.69. The van der Waals surface area contributed by atoms with Crippen LogP contribution in [0, 0.1) is 5.92 Å². The van der Waals surface area contributed by atoms with Crippen LogP contribution in [-0.4, -0.2) is 56.5 Å². The lowest BCUT2D eigenvalue weighted by Crippen LogP contribution is -2.38. The Balaban J connectivity index is 1.63. The number of amides is 1. The Morgan fingerprint density at radius 2 is 1.87 bits per heavy atom. The van der Waals surface area contributed by atoms with Crippen molar-refractivity contribution in [2.24, 2.45) is 5.92 Å². The molecule has 0 bridgehead atoms. The first-order chi connectivity index (χ1) is 14.7. The second-order valence-corrected chi connectivity index (χ2v) is 8.34. The van der Waals surface area contributed by atoms with Gasteiger partial charge in [-0.3, -0.25) is 14.3 Å². The maximum Gasteiger partial charge on any atom is 0.233 e. The van der Waals surface area contributed by atoms with Crippen molar-refractivity contribution in [3.8, 4) is 22.8 Å². The van der Waals surface area contributed by atoms with Gasteiger partial charge < -0.3 is 9.64 Å². The van der Waals surface area contributed by atoms with Gasteiger partial charge in [-0.25, -0.2) is 0 Å². The molecular weight excluding hydrogens is 398 g/mol. The summed E-state index contributed by atoms with van der Waals surface area (Å²) in [6, 6.07) is 11.5. The van der Waals surface area contributed by atoms with E-state index in [1.54, 1.807) is 19.5 Å². The van der Waals surface area contributed by atoms with Gasteiger partial charge in [-0.15, -0.1) is 10.2 Å². The van der Waals surface area contributed by atoms with E-state index in [9.17, 15) is 4.79 Å². The van der Waals surface area contributed by atoms with Crippen LogP contribution in [0.1, 0.15) is 19.8 Å². The highest BCUT2D eigenvalue weighted by Crippen LogP contribution is 2.32. The molecule has 4 rings (SSSR count). The number of hydrogen-bond donors (Lipinski definition) is 0. The molecule has 0 N–H and O–H groups in total. The first kappa shape index (κ1) is 20.4. The molecule has 1 saturated heterocycles. The molecule has 8 heteroatoms. The fraction of sp³-hybridized carbons (Fsp3) is 0.364. The summed E-state index contributed by atoms with van der Waals surface area (Å²) in [4.78, 5) is 18.8. The van der Waals surface area contributed by atoms with Crippen molar-refractivity contribution in [1.29, 1.82) is 0 Å². The summed E-state index contributed by atoms with van der Waals surface area (Å²) in [5, 5.41) is 9.48. The zero-order valence-corrected chi connectivity index (χ0v) is 18.0. The number of hydrogen-bond acceptors (Lipinski definition) is 6. The monoisotopic (exact) mass is 423 g/mol. The van der Waals surface area contributed by atoms with E-state index in [0.717, 1.165) is 37.2 Å². The highest BCUT2D eigenvalue weighted by molar-refractivity contribution is 7.99. The van der Waals surface area contributed by atoms with Gasteiger partial charge in [0.1, 0.15) is 5.75 Å². The Bertz CT molecular complexity index is 1000. The number of pyridine rings is 1. The second kappa shape index (κ2) is 9.30. The molecule has 0 spiro atoms. The van der Waals surface area contributed by atoms with Gasteiger partial charge in [0.2, 0.25) is 5.91 Å². The normalized spacial score (nSPS) is 14.7. The number of carbonyl (C=O) groups is 1. The maximum atomic E-state index is 12.7. The number of nitrogens with zero attached hydrogens (tertiary/aromatic N) is 5. The molecule has 1 aromatic carbocycles. The molecule has 7 nitrogen and oxygen atoms in total. The molecule has 2 aromatic heterocycles. The molecule has 1 aliphatic heterocycles. The Morgan fingerprint density at radius 1 is 1.13 bits per heavy atom. The minimum Gasteiger partial charge on any atom is -0.495 e. The van der Waals surface area contributed by atoms with Gasteiger partial charge >= 0.3 is 0 Å². The third kappa shape index (κ3) is 4.33. The van der Waals surface area contributed by atoms with Crippen LogP contribution in [0.25, 0.3) is 17.1 Å². The van der Waals surface area contributed by atoms with Crippen LogP contribution in [0.4, 0.5) is 0 Å². The highest BCUT2D eigenvalue weighted by atomic mass is 32.2. The van der Waals surface area contributed by atoms with Crippen LogP contribution in [-0.2, 0) is 4.79 Å². The fourth-order valence-electron chi connectivity index (χ4n) is 3.56. The Kier molecular flexibility index (Phi) is 6.32. The average molecular weight is 424 g/mol. The number of piperidine rings is 1. The van der Waals surface area contributed by atoms with E-state index in [0.29, 0.717) is 28.4 Å². The molecule has 0 saturated carbocycles. The van der Waals surface area contributed by atoms with E-state index in [-0.39, 0.29) is 5.91 Å². The zero-order chi connectivity index (χ0) is 20.9. The molecule has 156 valence electrons. The lowest BCUT2D eigenvalue weighted by atomic mass is 9.99. The van der Waals surface area contributed by atoms with Gasteiger partial charge in [-0.05, 0) is 43.0 Å². The van der Waals surface area contributed by atoms with Crippen LogP contribution in [0.15, 0.2) is 53.9 Å². The highest BCUT2D eigenvalue weighted by Gasteiger charge is 2.23. The summed E-state index contributed by atoms with van der Waals surface area (Å²) in [7, 11) is 1.64. The van der Waals surface area contributed by atoms with E-state index >= 15 is 0 Å². The van der Waals surface area contributed by atoms with Crippen molar-refractivity contribution in [3.05, 3.63) is 48.8 Å². The largest absolute Gasteiger partial charge is 0.495 e. The number of ether oxygens (including phenoxy) is 1. The number of methoxy groups -OCH3 is 1. The number of thioether (sulfide) groups is 1. The molecule has 1 amide bonds. The van der Waals surface area contributed by atoms with E-state index in [2.05, 4.69) is 22.1 Å². The summed E-state index contributed by atoms with van der Waals surface area (Å²) in [6.07, 6.45) is 5.59. The standard InChI is InChI=1S/C22H25N5O2S/c1-16-9-13-26(14-10-16)20(28)15-30-22-25-24-21(17-7-11-23-12-8-17)27(22)18-5-3-4-6-19(18)29-2/h3-8,11-12,16H,9-10,13-15H2,1-2H3. The van der Waals surface area contributed by atoms with Gasteiger partial charge in [-0.1, -0.05) is 30.8 Å². The van der Waals surface area contributed by atoms with E-state index < -0.39 is 0 Å². The quantitative estimate of drug-likeness (QED) is 0.563. The van der Waals surface area contributed by atoms with Crippen molar-refractivity contribution >= 4 is 17.7 Å². The first-order valence-electron chi connectivity index (χ1n) is 10.1. The van der Waals surface area contributed by atoms with Gasteiger partial charge in [0.05, 0.1) is 18.6 Å². The first-order valence-corrected chi connectivity index (χ1v) is 11.1. The molecule has 3 aromatic rings. The minimum absolute atomic E-state index is 0.145. The van der Waals surface area contributed by atoms with Gasteiger partial charge in [0.25, 0.3) is 0 Å². The summed E-state index contributed by atoms with van der Waals surface area (Å²) in [5.74, 6) is 2.57. The smallest absolute Gasteiger partial charge is 0.233 e. The predicted molar refractivity (Wildman–Crippen MR) is 117 cm³/mol. The lowest BCUT2D eigenvalue weighted by Gasteiger charge is -2.30. The van der Waals surface area contributed by atoms with Crippen LogP contribution in [0.3, 0.4) is 0 Å². The third-order valence-electron chi connectivity index (χ3n) is 5.36. The molecule has 0 aliphatic carbocycles. The number of para-hydroxylation sites is 2. The van der Waals surface area contributed by atoms with Crippen molar-refractivity contribution in [3.63, 3.8) is 0 Å². The second-order valence-electron chi connectivity index (χ2n) is 7.40. The van der Waals surface area contributed by atoms with Gasteiger partial charge in [-0.2, -0.15) is 0 Å². The summed E-state index contributed by atoms with van der Waals surface area (Å²) < 4.78 is 7.52. The van der Waals surface area contributed by atoms with Crippen LogP contribution in [0.5, 0.6) is 5.75 Å². The Labute approximate surface area is 180 Å². The van der Waals surface area contributed by atoms with Crippen molar-refractivity contribution in [2.45, 2.75) is 24.9 Å². The lowest BCUT2D eigenvalue weighted by molar-refractivity contribution is -0.129. The van der Waals surface area contributed by atoms with E-state index in [4.69, 9.17) is 4.74 Å². The number of rotatable bonds is 6. The molecule has 0 atom stereocenters. The summed E-state index contributed by atoms with van der Waals surface area (Å²) >= 11 is 1.41. The van der Waals surface area contributed by atoms with Gasteiger partial charge in [0.15, 0.2) is 11.0 Å². The number of likely N-dealkylation sites (tertiary alicyclic amines) is 1. The minimum atomic E-state index is 0.145. The molecule has 1 fully saturated rings. The average Bonchev–Trinajstić information content (AvgIpc) is 3.22. The number of aromatic nitrogens is 4. The zero-order valence-electron chi connectivity index (χ0n) is 17.2. The van der Waals surface area contributed by atoms with Crippen LogP contribution >= 0.6 is 11.8 Å². The Hall–Kier alpha value is -2.87. The van der Waals surface area contributed by atoms with Crippen LogP contribution < -0.4 is 4.74 Å². The number of benzene rings is 1. The molecule has 30 heavy (non-hydrogen) atoms.